The summed E-state index contributed by atoms with van der Waals surface area (Å²) in [7, 11) is 0. The van der Waals surface area contributed by atoms with Crippen LogP contribution >= 0.6 is 0 Å². The lowest BCUT2D eigenvalue weighted by Gasteiger charge is -2.35. The molecule has 0 saturated carbocycles. The number of nitrogens with zero attached hydrogens (tertiary/aromatic N) is 1. The number of hydrogen-bond donors (Lipinski definition) is 0. The monoisotopic (exact) mass is 713 g/mol. The van der Waals surface area contributed by atoms with Crippen LogP contribution in [0.3, 0.4) is 0 Å². The van der Waals surface area contributed by atoms with E-state index in [0.717, 1.165) is 17.1 Å². The van der Waals surface area contributed by atoms with Gasteiger partial charge in [-0.1, -0.05) is 206 Å². The third-order valence-electron chi connectivity index (χ3n) is 11.4. The first-order valence-electron chi connectivity index (χ1n) is 19.3. The fourth-order valence-corrected chi connectivity index (χ4v) is 8.82. The molecular formula is C55H39N. The van der Waals surface area contributed by atoms with Crippen molar-refractivity contribution in [3.63, 3.8) is 0 Å². The van der Waals surface area contributed by atoms with E-state index < -0.39 is 5.41 Å². The minimum atomic E-state index is -0.500. The molecular weight excluding hydrogens is 675 g/mol. The number of para-hydroxylation sites is 1. The minimum Gasteiger partial charge on any atom is -0.310 e. The molecule has 0 spiro atoms. The maximum absolute atomic E-state index is 2.45. The molecule has 0 aromatic heterocycles. The van der Waals surface area contributed by atoms with Gasteiger partial charge in [-0.3, -0.25) is 0 Å². The van der Waals surface area contributed by atoms with Crippen molar-refractivity contribution in [3.8, 4) is 44.5 Å². The predicted molar refractivity (Wildman–Crippen MR) is 235 cm³/mol. The molecule has 0 bridgehead atoms. The molecule has 0 atom stereocenters. The van der Waals surface area contributed by atoms with E-state index in [9.17, 15) is 0 Å². The second kappa shape index (κ2) is 14.2. The molecule has 9 aromatic rings. The Morgan fingerprint density at radius 2 is 0.679 bits per heavy atom. The highest BCUT2D eigenvalue weighted by atomic mass is 15.1. The lowest BCUT2D eigenvalue weighted by Crippen LogP contribution is -2.28. The zero-order valence-electron chi connectivity index (χ0n) is 31.0. The van der Waals surface area contributed by atoms with Crippen LogP contribution in [0.25, 0.3) is 44.5 Å². The topological polar surface area (TPSA) is 3.24 Å². The van der Waals surface area contributed by atoms with Gasteiger partial charge in [-0.25, -0.2) is 0 Å². The molecule has 0 aliphatic heterocycles. The van der Waals surface area contributed by atoms with Crippen LogP contribution in [0.5, 0.6) is 0 Å². The third-order valence-corrected chi connectivity index (χ3v) is 11.4. The zero-order chi connectivity index (χ0) is 37.3. The van der Waals surface area contributed by atoms with Crippen LogP contribution in [0, 0.1) is 0 Å². The van der Waals surface area contributed by atoms with Crippen LogP contribution in [-0.4, -0.2) is 0 Å². The highest BCUT2D eigenvalue weighted by molar-refractivity contribution is 5.93. The first kappa shape index (κ1) is 33.4. The van der Waals surface area contributed by atoms with Crippen molar-refractivity contribution in [2.75, 3.05) is 4.90 Å². The molecule has 1 aliphatic rings. The highest BCUT2D eigenvalue weighted by Crippen LogP contribution is 2.57. The number of anilines is 3. The second-order valence-electron chi connectivity index (χ2n) is 14.5. The Kier molecular flexibility index (Phi) is 8.46. The molecule has 1 heteroatoms. The van der Waals surface area contributed by atoms with Crippen LogP contribution < -0.4 is 4.90 Å². The number of fused-ring (bicyclic) bond motifs is 3. The smallest absolute Gasteiger partial charge is 0.0714 e. The van der Waals surface area contributed by atoms with Crippen molar-refractivity contribution >= 4 is 17.1 Å². The molecule has 0 amide bonds. The van der Waals surface area contributed by atoms with E-state index >= 15 is 0 Å². The maximum Gasteiger partial charge on any atom is 0.0714 e. The third kappa shape index (κ3) is 5.65. The lowest BCUT2D eigenvalue weighted by atomic mass is 9.67. The maximum atomic E-state index is 2.45. The summed E-state index contributed by atoms with van der Waals surface area (Å²) in [6, 6.07) is 86.2. The molecule has 10 rings (SSSR count). The highest BCUT2D eigenvalue weighted by Gasteiger charge is 2.46. The van der Waals surface area contributed by atoms with Gasteiger partial charge in [-0.2, -0.15) is 0 Å². The van der Waals surface area contributed by atoms with Crippen LogP contribution in [0.15, 0.2) is 237 Å². The molecule has 0 unspecified atom stereocenters. The van der Waals surface area contributed by atoms with E-state index in [1.165, 1.54) is 66.8 Å². The molecule has 56 heavy (non-hydrogen) atoms. The zero-order valence-corrected chi connectivity index (χ0v) is 31.0. The Bertz CT molecular complexity index is 2710. The Morgan fingerprint density at radius 3 is 1.27 bits per heavy atom. The Hall–Kier alpha value is -7.22. The summed E-state index contributed by atoms with van der Waals surface area (Å²) in [4.78, 5) is 2.44. The summed E-state index contributed by atoms with van der Waals surface area (Å²) in [5.41, 5.74) is 17.6. The van der Waals surface area contributed by atoms with Crippen molar-refractivity contribution in [1.29, 1.82) is 0 Å². The van der Waals surface area contributed by atoms with Gasteiger partial charge >= 0.3 is 0 Å². The normalized spacial score (nSPS) is 12.4. The standard InChI is InChI=1S/C55H39N/c1-5-17-40(18-6-1)42-29-31-44(32-30-42)49-25-14-16-28-54(49)56(47-35-33-43(34-36-47)41-19-7-2-8-20-41)48-37-38-51-50-26-13-15-27-52(50)55(53(51)39-48,45-21-9-3-10-22-45)46-23-11-4-12-24-46/h1-39H. The van der Waals surface area contributed by atoms with E-state index in [-0.39, 0.29) is 0 Å². The van der Waals surface area contributed by atoms with Crippen molar-refractivity contribution in [2.45, 2.75) is 5.41 Å². The molecule has 0 fully saturated rings. The molecule has 9 aromatic carbocycles. The van der Waals surface area contributed by atoms with Gasteiger partial charge in [-0.15, -0.1) is 0 Å². The van der Waals surface area contributed by atoms with E-state index in [1.54, 1.807) is 0 Å². The molecule has 1 aliphatic carbocycles. The van der Waals surface area contributed by atoms with E-state index in [1.807, 2.05) is 0 Å². The molecule has 1 nitrogen and oxygen atoms in total. The van der Waals surface area contributed by atoms with Gasteiger partial charge in [-0.05, 0) is 91.5 Å². The molecule has 0 radical (unpaired) electrons. The van der Waals surface area contributed by atoms with Gasteiger partial charge in [0, 0.05) is 16.9 Å². The summed E-state index contributed by atoms with van der Waals surface area (Å²) in [6.45, 7) is 0. The van der Waals surface area contributed by atoms with Gasteiger partial charge in [0.1, 0.15) is 0 Å². The Labute approximate surface area is 329 Å². The average molecular weight is 714 g/mol. The molecule has 264 valence electrons. The Morgan fingerprint density at radius 1 is 0.268 bits per heavy atom. The van der Waals surface area contributed by atoms with Crippen LogP contribution in [-0.2, 0) is 5.41 Å². The van der Waals surface area contributed by atoms with Crippen LogP contribution in [0.2, 0.25) is 0 Å². The SMILES string of the molecule is c1ccc(-c2ccc(-c3ccccc3N(c3ccc(-c4ccccc4)cc3)c3ccc4c(c3)C(c3ccccc3)(c3ccccc3)c3ccccc3-4)cc2)cc1. The van der Waals surface area contributed by atoms with E-state index in [2.05, 4.69) is 241 Å². The van der Waals surface area contributed by atoms with Crippen molar-refractivity contribution < 1.29 is 0 Å². The van der Waals surface area contributed by atoms with Gasteiger partial charge in [0.2, 0.25) is 0 Å². The predicted octanol–water partition coefficient (Wildman–Crippen LogP) is 14.5. The van der Waals surface area contributed by atoms with Gasteiger partial charge in [0.15, 0.2) is 0 Å². The first-order chi connectivity index (χ1) is 27.8. The van der Waals surface area contributed by atoms with Crippen LogP contribution in [0.1, 0.15) is 22.3 Å². The van der Waals surface area contributed by atoms with Gasteiger partial charge < -0.3 is 4.90 Å². The largest absolute Gasteiger partial charge is 0.310 e. The molecule has 0 N–H and O–H groups in total. The summed E-state index contributed by atoms with van der Waals surface area (Å²) in [5.74, 6) is 0. The fourth-order valence-electron chi connectivity index (χ4n) is 8.82. The Balaban J connectivity index is 1.19. The molecule has 0 saturated heterocycles. The van der Waals surface area contributed by atoms with Crippen LogP contribution in [0.4, 0.5) is 17.1 Å². The summed E-state index contributed by atoms with van der Waals surface area (Å²) in [6.07, 6.45) is 0. The summed E-state index contributed by atoms with van der Waals surface area (Å²) >= 11 is 0. The summed E-state index contributed by atoms with van der Waals surface area (Å²) in [5, 5.41) is 0. The summed E-state index contributed by atoms with van der Waals surface area (Å²) < 4.78 is 0. The second-order valence-corrected chi connectivity index (χ2v) is 14.5. The van der Waals surface area contributed by atoms with Gasteiger partial charge in [0.05, 0.1) is 11.1 Å². The van der Waals surface area contributed by atoms with Gasteiger partial charge in [0.25, 0.3) is 0 Å². The number of hydrogen-bond acceptors (Lipinski definition) is 1. The minimum absolute atomic E-state index is 0.500. The molecule has 0 heterocycles. The van der Waals surface area contributed by atoms with Crippen molar-refractivity contribution in [3.05, 3.63) is 259 Å². The quantitative estimate of drug-likeness (QED) is 0.152. The number of benzene rings is 9. The fraction of sp³-hybridized carbons (Fsp3) is 0.0182. The van der Waals surface area contributed by atoms with Crippen molar-refractivity contribution in [1.82, 2.24) is 0 Å². The van der Waals surface area contributed by atoms with Crippen molar-refractivity contribution in [2.24, 2.45) is 0 Å². The lowest BCUT2D eigenvalue weighted by molar-refractivity contribution is 0.768. The first-order valence-corrected chi connectivity index (χ1v) is 19.3. The average Bonchev–Trinajstić information content (AvgIpc) is 3.58. The number of rotatable bonds is 8. The van der Waals surface area contributed by atoms with E-state index in [4.69, 9.17) is 0 Å². The van der Waals surface area contributed by atoms with E-state index in [0.29, 0.717) is 0 Å².